The van der Waals surface area contributed by atoms with E-state index in [4.69, 9.17) is 0 Å². The first-order chi connectivity index (χ1) is 16.1. The van der Waals surface area contributed by atoms with Gasteiger partial charge < -0.3 is 10.2 Å². The third-order valence-corrected chi connectivity index (χ3v) is 7.06. The van der Waals surface area contributed by atoms with Crippen LogP contribution in [0.1, 0.15) is 49.8 Å². The molecule has 1 N–H and O–H groups in total. The molecule has 7 nitrogen and oxygen atoms in total. The molecule has 0 aliphatic carbocycles. The van der Waals surface area contributed by atoms with Gasteiger partial charge in [-0.15, -0.1) is 0 Å². The lowest BCUT2D eigenvalue weighted by molar-refractivity contribution is -0.140. The molecule has 186 valence electrons. The maximum Gasteiger partial charge on any atom is 0.244 e. The number of nitrogens with zero attached hydrogens (tertiary/aromatic N) is 2. The maximum atomic E-state index is 13.6. The molecule has 0 bridgehead atoms. The Morgan fingerprint density at radius 3 is 2.26 bits per heavy atom. The van der Waals surface area contributed by atoms with Gasteiger partial charge in [0.2, 0.25) is 21.8 Å². The quantitative estimate of drug-likeness (QED) is 0.462. The number of sulfonamides is 1. The highest BCUT2D eigenvalue weighted by atomic mass is 32.2. The van der Waals surface area contributed by atoms with Gasteiger partial charge in [-0.2, -0.15) is 0 Å². The van der Waals surface area contributed by atoms with Crippen LogP contribution in [0.4, 0.5) is 5.69 Å². The molecule has 2 amide bonds. The van der Waals surface area contributed by atoms with E-state index in [1.54, 1.807) is 12.1 Å². The number of aryl methyl sites for hydroxylation is 1. The fraction of sp³-hybridized carbons (Fsp3) is 0.462. The summed E-state index contributed by atoms with van der Waals surface area (Å²) >= 11 is 0. The Balaban J connectivity index is 2.42. The minimum Gasteiger partial charge on any atom is -0.354 e. The van der Waals surface area contributed by atoms with E-state index in [-0.39, 0.29) is 19.0 Å². The van der Waals surface area contributed by atoms with Crippen LogP contribution in [0.25, 0.3) is 0 Å². The van der Waals surface area contributed by atoms with Gasteiger partial charge in [-0.3, -0.25) is 13.9 Å². The van der Waals surface area contributed by atoms with Gasteiger partial charge in [0.15, 0.2) is 0 Å². The number of hydrogen-bond acceptors (Lipinski definition) is 4. The summed E-state index contributed by atoms with van der Waals surface area (Å²) in [6, 6.07) is 14.1. The molecule has 0 radical (unpaired) electrons. The van der Waals surface area contributed by atoms with Crippen LogP contribution < -0.4 is 9.62 Å². The molecule has 8 heteroatoms. The molecule has 0 saturated heterocycles. The summed E-state index contributed by atoms with van der Waals surface area (Å²) in [4.78, 5) is 28.1. The van der Waals surface area contributed by atoms with Crippen molar-refractivity contribution < 1.29 is 18.0 Å². The van der Waals surface area contributed by atoms with E-state index in [1.807, 2.05) is 64.1 Å². The van der Waals surface area contributed by atoms with Crippen molar-refractivity contribution in [3.05, 3.63) is 65.2 Å². The second-order valence-electron chi connectivity index (χ2n) is 8.56. The van der Waals surface area contributed by atoms with Crippen LogP contribution in [0.2, 0.25) is 0 Å². The minimum atomic E-state index is -3.74. The molecule has 0 saturated carbocycles. The van der Waals surface area contributed by atoms with Crippen molar-refractivity contribution in [1.82, 2.24) is 10.2 Å². The first kappa shape index (κ1) is 27.4. The number of benzene rings is 2. The number of amides is 2. The summed E-state index contributed by atoms with van der Waals surface area (Å²) in [5.74, 6) is -0.648. The van der Waals surface area contributed by atoms with Gasteiger partial charge >= 0.3 is 0 Å². The Kier molecular flexibility index (Phi) is 10.1. The molecular formula is C26H37N3O4S. The third-order valence-electron chi connectivity index (χ3n) is 5.94. The summed E-state index contributed by atoms with van der Waals surface area (Å²) in [7, 11) is -3.74. The van der Waals surface area contributed by atoms with E-state index in [0.29, 0.717) is 18.7 Å². The molecule has 34 heavy (non-hydrogen) atoms. The van der Waals surface area contributed by atoms with Crippen molar-refractivity contribution >= 4 is 27.5 Å². The van der Waals surface area contributed by atoms with Crippen LogP contribution in [-0.2, 0) is 26.2 Å². The summed E-state index contributed by atoms with van der Waals surface area (Å²) < 4.78 is 26.6. The van der Waals surface area contributed by atoms with Gasteiger partial charge in [-0.25, -0.2) is 8.42 Å². The van der Waals surface area contributed by atoms with Gasteiger partial charge in [0.05, 0.1) is 11.9 Å². The first-order valence-corrected chi connectivity index (χ1v) is 13.6. The van der Waals surface area contributed by atoms with Crippen LogP contribution in [0.5, 0.6) is 0 Å². The number of carbonyl (C=O) groups excluding carboxylic acids is 2. The van der Waals surface area contributed by atoms with Crippen molar-refractivity contribution in [1.29, 1.82) is 0 Å². The summed E-state index contributed by atoms with van der Waals surface area (Å²) in [6.07, 6.45) is 3.31. The van der Waals surface area contributed by atoms with Crippen LogP contribution in [0.3, 0.4) is 0 Å². The fourth-order valence-electron chi connectivity index (χ4n) is 3.81. The van der Waals surface area contributed by atoms with E-state index < -0.39 is 22.0 Å². The Bertz CT molecular complexity index is 1070. The van der Waals surface area contributed by atoms with Gasteiger partial charge in [0, 0.05) is 13.1 Å². The summed E-state index contributed by atoms with van der Waals surface area (Å²) in [5, 5.41) is 2.92. The first-order valence-electron chi connectivity index (χ1n) is 11.7. The maximum absolute atomic E-state index is 13.6. The second-order valence-corrected chi connectivity index (χ2v) is 10.5. The number of nitrogens with one attached hydrogen (secondary N) is 1. The second kappa shape index (κ2) is 12.6. The molecule has 0 fully saturated rings. The number of hydrogen-bond donors (Lipinski definition) is 1. The van der Waals surface area contributed by atoms with Gasteiger partial charge in [0.25, 0.3) is 0 Å². The van der Waals surface area contributed by atoms with Crippen LogP contribution in [-0.4, -0.2) is 50.5 Å². The topological polar surface area (TPSA) is 86.8 Å². The Morgan fingerprint density at radius 2 is 1.68 bits per heavy atom. The van der Waals surface area contributed by atoms with Crippen LogP contribution in [0.15, 0.2) is 48.5 Å². The van der Waals surface area contributed by atoms with Crippen molar-refractivity contribution in [3.8, 4) is 0 Å². The normalized spacial score (nSPS) is 12.1. The number of carbonyl (C=O) groups is 2. The molecular weight excluding hydrogens is 450 g/mol. The van der Waals surface area contributed by atoms with Gasteiger partial charge in [-0.1, -0.05) is 62.7 Å². The minimum absolute atomic E-state index is 0.212. The lowest BCUT2D eigenvalue weighted by Gasteiger charge is -2.33. The fourth-order valence-corrected chi connectivity index (χ4v) is 4.71. The molecule has 0 heterocycles. The van der Waals surface area contributed by atoms with Gasteiger partial charge in [-0.05, 0) is 49.4 Å². The monoisotopic (exact) mass is 487 g/mol. The molecule has 0 aliphatic rings. The van der Waals surface area contributed by atoms with Crippen LogP contribution in [0, 0.1) is 13.8 Å². The third kappa shape index (κ3) is 7.32. The zero-order valence-electron chi connectivity index (χ0n) is 20.9. The van der Waals surface area contributed by atoms with E-state index in [1.165, 1.54) is 4.90 Å². The number of unbranched alkanes of at least 4 members (excludes halogenated alkanes) is 1. The lowest BCUT2D eigenvalue weighted by atomic mass is 10.1. The SMILES string of the molecule is CCCCNC(=O)[C@@H](CC)N(Cc1ccccc1)C(=O)CN(c1cccc(C)c1C)S(C)(=O)=O. The molecule has 0 unspecified atom stereocenters. The Labute approximate surface area is 204 Å². The Hall–Kier alpha value is -2.87. The van der Waals surface area contributed by atoms with E-state index >= 15 is 0 Å². The van der Waals surface area contributed by atoms with E-state index in [0.717, 1.165) is 40.1 Å². The highest BCUT2D eigenvalue weighted by Crippen LogP contribution is 2.25. The largest absolute Gasteiger partial charge is 0.354 e. The number of anilines is 1. The molecule has 0 aliphatic heterocycles. The Morgan fingerprint density at radius 1 is 1.00 bits per heavy atom. The van der Waals surface area contributed by atoms with Crippen LogP contribution >= 0.6 is 0 Å². The highest BCUT2D eigenvalue weighted by Gasteiger charge is 2.32. The summed E-state index contributed by atoms with van der Waals surface area (Å²) in [5.41, 5.74) is 3.06. The van der Waals surface area contributed by atoms with Crippen molar-refractivity contribution in [2.24, 2.45) is 0 Å². The van der Waals surface area contributed by atoms with E-state index in [2.05, 4.69) is 5.32 Å². The molecule has 0 spiro atoms. The lowest BCUT2D eigenvalue weighted by Crippen LogP contribution is -2.52. The zero-order valence-corrected chi connectivity index (χ0v) is 21.7. The zero-order chi connectivity index (χ0) is 25.3. The molecule has 2 aromatic carbocycles. The molecule has 1 atom stereocenters. The highest BCUT2D eigenvalue weighted by molar-refractivity contribution is 7.92. The molecule has 2 aromatic rings. The predicted octanol–water partition coefficient (Wildman–Crippen LogP) is 3.79. The average molecular weight is 488 g/mol. The molecule has 0 aromatic heterocycles. The predicted molar refractivity (Wildman–Crippen MR) is 137 cm³/mol. The van der Waals surface area contributed by atoms with Crippen molar-refractivity contribution in [2.45, 2.75) is 59.5 Å². The summed E-state index contributed by atoms with van der Waals surface area (Å²) in [6.45, 7) is 8.01. The average Bonchev–Trinajstić information content (AvgIpc) is 2.79. The molecule has 2 rings (SSSR count). The van der Waals surface area contributed by atoms with E-state index in [9.17, 15) is 18.0 Å². The smallest absolute Gasteiger partial charge is 0.244 e. The number of rotatable bonds is 12. The standard InChI is InChI=1S/C26H37N3O4S/c1-6-8-17-27-26(31)23(7-2)28(18-22-14-10-9-11-15-22)25(30)19-29(34(5,32)33)24-16-12-13-20(3)21(24)4/h9-16,23H,6-8,17-19H2,1-5H3,(H,27,31)/t23-/m1/s1. The van der Waals surface area contributed by atoms with Gasteiger partial charge in [0.1, 0.15) is 12.6 Å². The van der Waals surface area contributed by atoms with Crippen molar-refractivity contribution in [2.75, 3.05) is 23.7 Å². The van der Waals surface area contributed by atoms with Crippen molar-refractivity contribution in [3.63, 3.8) is 0 Å².